The number of pyridine rings is 1. The summed E-state index contributed by atoms with van der Waals surface area (Å²) >= 11 is 0. The first kappa shape index (κ1) is 12.7. The van der Waals surface area contributed by atoms with Crippen LogP contribution in [0.15, 0.2) is 24.4 Å². The van der Waals surface area contributed by atoms with Crippen molar-refractivity contribution in [2.24, 2.45) is 0 Å². The first-order chi connectivity index (χ1) is 5.52. The minimum absolute atomic E-state index is 0. The molecule has 1 rings (SSSR count). The molecule has 0 aliphatic heterocycles. The van der Waals surface area contributed by atoms with Crippen LogP contribution in [0.3, 0.4) is 0 Å². The molecule has 7 heteroatoms. The standard InChI is InChI=1S/C6H7NO4S.W/c8-6(12(9,10)11)5-3-1-2-4-7-5;/h1-4,6,8H,(H,9,10,11);. The first-order valence-electron chi connectivity index (χ1n) is 3.07. The first-order valence-corrected chi connectivity index (χ1v) is 4.57. The van der Waals surface area contributed by atoms with Crippen LogP contribution in [0, 0.1) is 0 Å². The van der Waals surface area contributed by atoms with Crippen LogP contribution in [-0.4, -0.2) is 23.1 Å². The van der Waals surface area contributed by atoms with Crippen molar-refractivity contribution in [3.05, 3.63) is 30.1 Å². The summed E-state index contributed by atoms with van der Waals surface area (Å²) in [6.45, 7) is 0. The van der Waals surface area contributed by atoms with Gasteiger partial charge in [-0.1, -0.05) is 6.07 Å². The molecule has 0 radical (unpaired) electrons. The van der Waals surface area contributed by atoms with Gasteiger partial charge in [0.05, 0.1) is 5.69 Å². The molecule has 2 N–H and O–H groups in total. The Labute approximate surface area is 89.8 Å². The predicted octanol–water partition coefficient (Wildman–Crippen LogP) is -0.0422. The minimum atomic E-state index is -4.46. The Morgan fingerprint density at radius 3 is 2.38 bits per heavy atom. The van der Waals surface area contributed by atoms with E-state index in [-0.39, 0.29) is 26.8 Å². The van der Waals surface area contributed by atoms with E-state index < -0.39 is 15.6 Å². The monoisotopic (exact) mass is 373 g/mol. The van der Waals surface area contributed by atoms with E-state index in [0.29, 0.717) is 0 Å². The molecular formula is C6H7NO4SW. The van der Waals surface area contributed by atoms with Gasteiger partial charge < -0.3 is 5.11 Å². The molecule has 1 heterocycles. The predicted molar refractivity (Wildman–Crippen MR) is 40.7 cm³/mol. The molecule has 1 unspecified atom stereocenters. The van der Waals surface area contributed by atoms with Gasteiger partial charge in [0.2, 0.25) is 5.44 Å². The van der Waals surface area contributed by atoms with Crippen molar-refractivity contribution in [2.75, 3.05) is 0 Å². The van der Waals surface area contributed by atoms with Crippen LogP contribution in [0.25, 0.3) is 0 Å². The van der Waals surface area contributed by atoms with Crippen molar-refractivity contribution in [2.45, 2.75) is 5.44 Å². The van der Waals surface area contributed by atoms with Crippen LogP contribution >= 0.6 is 0 Å². The SMILES string of the molecule is O=S(=O)(O)C(O)c1ccccn1.[W]. The van der Waals surface area contributed by atoms with E-state index in [9.17, 15) is 8.42 Å². The second-order valence-corrected chi connectivity index (χ2v) is 3.60. The molecule has 1 atom stereocenters. The summed E-state index contributed by atoms with van der Waals surface area (Å²) < 4.78 is 29.2. The van der Waals surface area contributed by atoms with E-state index in [1.807, 2.05) is 0 Å². The molecule has 5 nitrogen and oxygen atoms in total. The van der Waals surface area contributed by atoms with Gasteiger partial charge in [-0.2, -0.15) is 8.42 Å². The Bertz CT molecular complexity index is 352. The molecule has 0 amide bonds. The average Bonchev–Trinajstić information content (AvgIpc) is 2.03. The van der Waals surface area contributed by atoms with Gasteiger partial charge in [0.25, 0.3) is 10.1 Å². The Morgan fingerprint density at radius 1 is 1.38 bits per heavy atom. The summed E-state index contributed by atoms with van der Waals surface area (Å²) in [7, 11) is -4.46. The van der Waals surface area contributed by atoms with Gasteiger partial charge >= 0.3 is 0 Å². The number of hydrogen-bond donors (Lipinski definition) is 2. The number of aliphatic hydroxyl groups is 1. The molecule has 13 heavy (non-hydrogen) atoms. The zero-order valence-corrected chi connectivity index (χ0v) is 10.1. The second kappa shape index (κ2) is 4.81. The fraction of sp³-hybridized carbons (Fsp3) is 0.167. The van der Waals surface area contributed by atoms with Crippen molar-refractivity contribution in [1.29, 1.82) is 0 Å². The van der Waals surface area contributed by atoms with Crippen molar-refractivity contribution >= 4 is 10.1 Å². The third kappa shape index (κ3) is 3.52. The third-order valence-electron chi connectivity index (χ3n) is 1.22. The van der Waals surface area contributed by atoms with Gasteiger partial charge in [0.1, 0.15) is 0 Å². The number of aliphatic hydroxyl groups excluding tert-OH is 1. The van der Waals surface area contributed by atoms with E-state index in [1.165, 1.54) is 18.3 Å². The second-order valence-electron chi connectivity index (χ2n) is 2.12. The summed E-state index contributed by atoms with van der Waals surface area (Å²) in [6, 6.07) is 4.38. The van der Waals surface area contributed by atoms with Gasteiger partial charge in [-0.25, -0.2) is 0 Å². The number of hydrogen-bond acceptors (Lipinski definition) is 4. The largest absolute Gasteiger partial charge is 0.370 e. The quantitative estimate of drug-likeness (QED) is 0.711. The van der Waals surface area contributed by atoms with Gasteiger partial charge in [-0.05, 0) is 12.1 Å². The zero-order chi connectivity index (χ0) is 9.19. The number of aromatic nitrogens is 1. The summed E-state index contributed by atoms with van der Waals surface area (Å²) in [5, 5.41) is 8.96. The van der Waals surface area contributed by atoms with Crippen LogP contribution in [0.4, 0.5) is 0 Å². The summed E-state index contributed by atoms with van der Waals surface area (Å²) in [4.78, 5) is 3.56. The Balaban J connectivity index is 0.00000144. The van der Waals surface area contributed by atoms with Crippen molar-refractivity contribution in [1.82, 2.24) is 4.98 Å². The van der Waals surface area contributed by atoms with Crippen molar-refractivity contribution < 1.29 is 39.1 Å². The molecule has 0 aliphatic rings. The summed E-state index contributed by atoms with van der Waals surface area (Å²) in [6.07, 6.45) is 1.32. The minimum Gasteiger partial charge on any atom is -0.370 e. The fourth-order valence-corrected chi connectivity index (χ4v) is 1.12. The number of nitrogens with zero attached hydrogens (tertiary/aromatic N) is 1. The van der Waals surface area contributed by atoms with Crippen LogP contribution in [-0.2, 0) is 31.2 Å². The van der Waals surface area contributed by atoms with E-state index in [0.717, 1.165) is 0 Å². The molecular weight excluding hydrogens is 366 g/mol. The zero-order valence-electron chi connectivity index (χ0n) is 6.36. The van der Waals surface area contributed by atoms with Gasteiger partial charge in [0, 0.05) is 27.3 Å². The van der Waals surface area contributed by atoms with Crippen LogP contribution in [0.2, 0.25) is 0 Å². The third-order valence-corrected chi connectivity index (χ3v) is 2.03. The van der Waals surface area contributed by atoms with Gasteiger partial charge in [-0.15, -0.1) is 0 Å². The van der Waals surface area contributed by atoms with Crippen LogP contribution in [0.5, 0.6) is 0 Å². The topological polar surface area (TPSA) is 87.5 Å². The molecule has 0 aliphatic carbocycles. The van der Waals surface area contributed by atoms with Crippen LogP contribution in [0.1, 0.15) is 11.1 Å². The summed E-state index contributed by atoms with van der Waals surface area (Å²) in [5.74, 6) is 0. The molecule has 0 fully saturated rings. The van der Waals surface area contributed by atoms with Crippen LogP contribution < -0.4 is 0 Å². The molecule has 0 spiro atoms. The van der Waals surface area contributed by atoms with Gasteiger partial charge in [-0.3, -0.25) is 9.54 Å². The molecule has 0 aromatic carbocycles. The molecule has 1 aromatic heterocycles. The normalized spacial score (nSPS) is 13.1. The van der Waals surface area contributed by atoms with E-state index in [2.05, 4.69) is 4.98 Å². The molecule has 0 saturated heterocycles. The van der Waals surface area contributed by atoms with E-state index in [1.54, 1.807) is 6.07 Å². The molecule has 0 bridgehead atoms. The Morgan fingerprint density at radius 2 is 2.00 bits per heavy atom. The van der Waals surface area contributed by atoms with Gasteiger partial charge in [0.15, 0.2) is 0 Å². The maximum Gasteiger partial charge on any atom is 0.298 e. The van der Waals surface area contributed by atoms with Crippen molar-refractivity contribution in [3.63, 3.8) is 0 Å². The van der Waals surface area contributed by atoms with Crippen molar-refractivity contribution in [3.8, 4) is 0 Å². The fourth-order valence-electron chi connectivity index (χ4n) is 0.675. The Kier molecular flexibility index (Phi) is 4.70. The van der Waals surface area contributed by atoms with E-state index in [4.69, 9.17) is 9.66 Å². The maximum atomic E-state index is 10.4. The average molecular weight is 373 g/mol. The smallest absolute Gasteiger partial charge is 0.298 e. The molecule has 72 valence electrons. The maximum absolute atomic E-state index is 10.4. The number of rotatable bonds is 2. The molecule has 1 aromatic rings. The van der Waals surface area contributed by atoms with E-state index >= 15 is 0 Å². The molecule has 0 saturated carbocycles. The Hall–Kier alpha value is -0.292. The summed E-state index contributed by atoms with van der Waals surface area (Å²) in [5.41, 5.74) is -2.06.